The van der Waals surface area contributed by atoms with E-state index in [0.717, 1.165) is 5.56 Å². The number of rotatable bonds is 4. The molecule has 2 heterocycles. The fraction of sp³-hybridized carbons (Fsp3) is 0.600. The molecular weight excluding hydrogens is 358 g/mol. The van der Waals surface area contributed by atoms with E-state index in [1.807, 2.05) is 18.2 Å². The number of hydrogen-bond acceptors (Lipinski definition) is 5. The number of sulfone groups is 2. The second kappa shape index (κ2) is 6.35. The van der Waals surface area contributed by atoms with Crippen molar-refractivity contribution in [1.29, 1.82) is 0 Å². The monoisotopic (exact) mass is 377 g/mol. The van der Waals surface area contributed by atoms with Gasteiger partial charge in [0.05, 0.1) is 23.0 Å². The number of nitrogens with zero attached hydrogens (tertiary/aromatic N) is 1. The molecule has 128 valence electrons. The molecule has 23 heavy (non-hydrogen) atoms. The van der Waals surface area contributed by atoms with Crippen molar-refractivity contribution in [2.24, 2.45) is 0 Å². The molecule has 2 atom stereocenters. The van der Waals surface area contributed by atoms with Gasteiger partial charge in [-0.2, -0.15) is 0 Å². The van der Waals surface area contributed by atoms with Crippen LogP contribution in [0.3, 0.4) is 0 Å². The van der Waals surface area contributed by atoms with Crippen LogP contribution in [0.2, 0.25) is 5.02 Å². The lowest BCUT2D eigenvalue weighted by Gasteiger charge is -2.33. The molecule has 0 amide bonds. The second-order valence-electron chi connectivity index (χ2n) is 6.42. The fourth-order valence-electron chi connectivity index (χ4n) is 3.48. The molecule has 0 saturated carbocycles. The molecule has 0 N–H and O–H groups in total. The summed E-state index contributed by atoms with van der Waals surface area (Å²) in [7, 11) is -6.03. The van der Waals surface area contributed by atoms with Gasteiger partial charge < -0.3 is 0 Å². The van der Waals surface area contributed by atoms with Crippen molar-refractivity contribution in [3.05, 3.63) is 34.9 Å². The summed E-state index contributed by atoms with van der Waals surface area (Å²) < 4.78 is 47.3. The topological polar surface area (TPSA) is 71.5 Å². The summed E-state index contributed by atoms with van der Waals surface area (Å²) in [4.78, 5) is 2.07. The lowest BCUT2D eigenvalue weighted by atomic mass is 10.1. The van der Waals surface area contributed by atoms with E-state index in [1.165, 1.54) is 0 Å². The zero-order valence-corrected chi connectivity index (χ0v) is 15.1. The van der Waals surface area contributed by atoms with Crippen LogP contribution in [0.25, 0.3) is 0 Å². The normalized spacial score (nSPS) is 29.1. The van der Waals surface area contributed by atoms with Crippen LogP contribution in [-0.4, -0.2) is 56.8 Å². The summed E-state index contributed by atoms with van der Waals surface area (Å²) in [6.07, 6.45) is 1.14. The minimum Gasteiger partial charge on any atom is -0.291 e. The van der Waals surface area contributed by atoms with Crippen LogP contribution >= 0.6 is 11.6 Å². The van der Waals surface area contributed by atoms with Gasteiger partial charge in [0.15, 0.2) is 19.7 Å². The van der Waals surface area contributed by atoms with Gasteiger partial charge in [-0.05, 0) is 30.5 Å². The van der Waals surface area contributed by atoms with Crippen LogP contribution in [0.1, 0.15) is 18.4 Å². The predicted octanol–water partition coefficient (Wildman–Crippen LogP) is 1.52. The Morgan fingerprint density at radius 3 is 2.00 bits per heavy atom. The molecule has 2 aliphatic rings. The molecule has 2 saturated heterocycles. The van der Waals surface area contributed by atoms with E-state index in [1.54, 1.807) is 6.07 Å². The molecule has 0 radical (unpaired) electrons. The Bertz CT molecular complexity index is 747. The molecular formula is C15H20ClNO4S2. The number of hydrogen-bond donors (Lipinski definition) is 0. The minimum absolute atomic E-state index is 0.114. The molecule has 8 heteroatoms. The summed E-state index contributed by atoms with van der Waals surface area (Å²) in [5.41, 5.74) is 0.978. The predicted molar refractivity (Wildman–Crippen MR) is 91.1 cm³/mol. The molecule has 3 rings (SSSR count). The molecule has 0 unspecified atom stereocenters. The third-order valence-corrected chi connectivity index (χ3v) is 8.34. The van der Waals surface area contributed by atoms with Gasteiger partial charge in [-0.25, -0.2) is 16.8 Å². The van der Waals surface area contributed by atoms with Gasteiger partial charge in [-0.1, -0.05) is 23.7 Å². The van der Waals surface area contributed by atoms with Crippen LogP contribution in [-0.2, 0) is 26.2 Å². The Morgan fingerprint density at radius 2 is 1.57 bits per heavy atom. The molecule has 1 aromatic rings. The van der Waals surface area contributed by atoms with Gasteiger partial charge in [0.25, 0.3) is 0 Å². The average molecular weight is 378 g/mol. The zero-order chi connectivity index (χ0) is 16.7. The van der Waals surface area contributed by atoms with Crippen LogP contribution in [0.15, 0.2) is 24.3 Å². The van der Waals surface area contributed by atoms with Gasteiger partial charge in [-0.3, -0.25) is 4.90 Å². The molecule has 0 aromatic heterocycles. The Kier molecular flexibility index (Phi) is 4.75. The van der Waals surface area contributed by atoms with E-state index in [9.17, 15) is 16.8 Å². The van der Waals surface area contributed by atoms with Crippen molar-refractivity contribution in [2.75, 3.05) is 23.0 Å². The SMILES string of the molecule is O=S1(=O)CC[C@@H](N(Cc2cccc(Cl)c2)[C@@H]2CCS(=O)(=O)C2)C1. The Hall–Kier alpha value is -0.630. The first-order chi connectivity index (χ1) is 10.7. The van der Waals surface area contributed by atoms with Crippen LogP contribution in [0.5, 0.6) is 0 Å². The third-order valence-electron chi connectivity index (χ3n) is 4.61. The van der Waals surface area contributed by atoms with E-state index in [4.69, 9.17) is 11.6 Å². The summed E-state index contributed by atoms with van der Waals surface area (Å²) in [6.45, 7) is 0.529. The van der Waals surface area contributed by atoms with Gasteiger partial charge in [-0.15, -0.1) is 0 Å². The number of halogens is 1. The summed E-state index contributed by atoms with van der Waals surface area (Å²) in [6, 6.07) is 7.20. The van der Waals surface area contributed by atoms with Crippen LogP contribution in [0, 0.1) is 0 Å². The lowest BCUT2D eigenvalue weighted by Crippen LogP contribution is -2.44. The van der Waals surface area contributed by atoms with E-state index >= 15 is 0 Å². The molecule has 0 aliphatic carbocycles. The standard InChI is InChI=1S/C15H20ClNO4S2/c16-13-3-1-2-12(8-13)9-17(14-4-6-22(18,19)10-14)15-5-7-23(20,21)11-15/h1-3,8,14-15H,4-7,9-11H2/t14-,15-/m1/s1. The maximum atomic E-state index is 11.8. The van der Waals surface area contributed by atoms with Crippen molar-refractivity contribution >= 4 is 31.3 Å². The first-order valence-electron chi connectivity index (χ1n) is 7.65. The molecule has 5 nitrogen and oxygen atoms in total. The maximum Gasteiger partial charge on any atom is 0.151 e. The summed E-state index contributed by atoms with van der Waals surface area (Å²) in [5.74, 6) is 0.598. The zero-order valence-electron chi connectivity index (χ0n) is 12.7. The largest absolute Gasteiger partial charge is 0.291 e. The quantitative estimate of drug-likeness (QED) is 0.795. The van der Waals surface area contributed by atoms with Gasteiger partial charge in [0.2, 0.25) is 0 Å². The van der Waals surface area contributed by atoms with E-state index < -0.39 is 19.7 Å². The minimum atomic E-state index is -3.02. The second-order valence-corrected chi connectivity index (χ2v) is 11.3. The third kappa shape index (κ3) is 4.26. The molecule has 2 aliphatic heterocycles. The first-order valence-corrected chi connectivity index (χ1v) is 11.7. The van der Waals surface area contributed by atoms with Gasteiger partial charge in [0.1, 0.15) is 0 Å². The summed E-state index contributed by atoms with van der Waals surface area (Å²) in [5, 5.41) is 0.625. The van der Waals surface area contributed by atoms with Crippen LogP contribution < -0.4 is 0 Å². The highest BCUT2D eigenvalue weighted by Crippen LogP contribution is 2.28. The Morgan fingerprint density at radius 1 is 1.00 bits per heavy atom. The van der Waals surface area contributed by atoms with Crippen molar-refractivity contribution in [3.8, 4) is 0 Å². The summed E-state index contributed by atoms with van der Waals surface area (Å²) >= 11 is 6.03. The van der Waals surface area contributed by atoms with Crippen LogP contribution in [0.4, 0.5) is 0 Å². The number of benzene rings is 1. The Balaban J connectivity index is 1.84. The fourth-order valence-corrected chi connectivity index (χ4v) is 7.17. The lowest BCUT2D eigenvalue weighted by molar-refractivity contribution is 0.150. The molecule has 0 spiro atoms. The van der Waals surface area contributed by atoms with Crippen molar-refractivity contribution in [1.82, 2.24) is 4.90 Å². The van der Waals surface area contributed by atoms with Crippen molar-refractivity contribution in [2.45, 2.75) is 31.5 Å². The van der Waals surface area contributed by atoms with Gasteiger partial charge >= 0.3 is 0 Å². The average Bonchev–Trinajstić information content (AvgIpc) is 2.98. The highest BCUT2D eigenvalue weighted by Gasteiger charge is 2.39. The highest BCUT2D eigenvalue weighted by molar-refractivity contribution is 7.92. The van der Waals surface area contributed by atoms with E-state index in [0.29, 0.717) is 24.4 Å². The van der Waals surface area contributed by atoms with Gasteiger partial charge in [0, 0.05) is 23.7 Å². The first kappa shape index (κ1) is 17.2. The highest BCUT2D eigenvalue weighted by atomic mass is 35.5. The smallest absolute Gasteiger partial charge is 0.151 e. The Labute approximate surface area is 142 Å². The molecule has 0 bridgehead atoms. The maximum absolute atomic E-state index is 11.8. The molecule has 2 fully saturated rings. The van der Waals surface area contributed by atoms with Crippen molar-refractivity contribution in [3.63, 3.8) is 0 Å². The van der Waals surface area contributed by atoms with E-state index in [-0.39, 0.29) is 35.1 Å². The van der Waals surface area contributed by atoms with E-state index in [2.05, 4.69) is 4.90 Å². The molecule has 1 aromatic carbocycles. The van der Waals surface area contributed by atoms with Crippen molar-refractivity contribution < 1.29 is 16.8 Å².